The number of rotatable bonds is 0. The highest BCUT2D eigenvalue weighted by Crippen LogP contribution is 2.22. The van der Waals surface area contributed by atoms with Crippen LogP contribution in [0.3, 0.4) is 0 Å². The molecule has 10 heavy (non-hydrogen) atoms. The van der Waals surface area contributed by atoms with Crippen molar-refractivity contribution < 1.29 is 0 Å². The van der Waals surface area contributed by atoms with Crippen molar-refractivity contribution in [3.63, 3.8) is 0 Å². The summed E-state index contributed by atoms with van der Waals surface area (Å²) in [4.78, 5) is 2.41. The van der Waals surface area contributed by atoms with Gasteiger partial charge in [0, 0.05) is 5.54 Å². The SMILES string of the molecule is CB1CC=CN1C(C)(C)C. The first-order valence-electron chi connectivity index (χ1n) is 3.97. The predicted octanol–water partition coefficient (Wildman–Crippen LogP) is 2.24. The quantitative estimate of drug-likeness (QED) is 0.462. The first-order valence-corrected chi connectivity index (χ1v) is 3.97. The van der Waals surface area contributed by atoms with Crippen molar-refractivity contribution in [3.8, 4) is 0 Å². The summed E-state index contributed by atoms with van der Waals surface area (Å²) < 4.78 is 0. The largest absolute Gasteiger partial charge is 0.416 e. The van der Waals surface area contributed by atoms with Gasteiger partial charge in [0.15, 0.2) is 0 Å². The molecule has 1 aliphatic heterocycles. The molecule has 0 radical (unpaired) electrons. The molecule has 0 saturated carbocycles. The van der Waals surface area contributed by atoms with Gasteiger partial charge in [-0.2, -0.15) is 0 Å². The van der Waals surface area contributed by atoms with E-state index in [1.165, 1.54) is 6.32 Å². The van der Waals surface area contributed by atoms with Gasteiger partial charge in [-0.25, -0.2) is 0 Å². The number of allylic oxidation sites excluding steroid dienone is 1. The average molecular weight is 137 g/mol. The molecule has 0 N–H and O–H groups in total. The Morgan fingerprint density at radius 2 is 2.00 bits per heavy atom. The molecule has 56 valence electrons. The van der Waals surface area contributed by atoms with E-state index in [1.54, 1.807) is 0 Å². The van der Waals surface area contributed by atoms with Gasteiger partial charge in [-0.1, -0.05) is 12.9 Å². The second-order valence-electron chi connectivity index (χ2n) is 4.05. The van der Waals surface area contributed by atoms with Crippen LogP contribution in [-0.4, -0.2) is 17.2 Å². The molecule has 1 rings (SSSR count). The molecule has 0 unspecified atom stereocenters. The fourth-order valence-electron chi connectivity index (χ4n) is 1.52. The third kappa shape index (κ3) is 1.36. The predicted molar refractivity (Wildman–Crippen MR) is 47.2 cm³/mol. The Morgan fingerprint density at radius 1 is 1.40 bits per heavy atom. The van der Waals surface area contributed by atoms with Crippen LogP contribution >= 0.6 is 0 Å². The van der Waals surface area contributed by atoms with E-state index >= 15 is 0 Å². The molecule has 0 atom stereocenters. The van der Waals surface area contributed by atoms with E-state index in [1.807, 2.05) is 0 Å². The zero-order valence-electron chi connectivity index (χ0n) is 7.39. The van der Waals surface area contributed by atoms with E-state index in [0.717, 1.165) is 0 Å². The van der Waals surface area contributed by atoms with Crippen molar-refractivity contribution in [1.82, 2.24) is 4.81 Å². The average Bonchev–Trinajstić information content (AvgIpc) is 2.11. The molecular formula is C8H16BN. The van der Waals surface area contributed by atoms with Crippen LogP contribution in [0.25, 0.3) is 0 Å². The minimum absolute atomic E-state index is 0.298. The highest BCUT2D eigenvalue weighted by atomic mass is 15.1. The van der Waals surface area contributed by atoms with Gasteiger partial charge in [0.25, 0.3) is 6.85 Å². The van der Waals surface area contributed by atoms with Crippen LogP contribution in [0.4, 0.5) is 0 Å². The number of nitrogens with zero attached hydrogens (tertiary/aromatic N) is 1. The normalized spacial score (nSPS) is 18.8. The number of hydrogen-bond acceptors (Lipinski definition) is 1. The van der Waals surface area contributed by atoms with Crippen LogP contribution in [0.15, 0.2) is 12.3 Å². The zero-order chi connectivity index (χ0) is 7.78. The van der Waals surface area contributed by atoms with Crippen LogP contribution in [0.1, 0.15) is 20.8 Å². The molecule has 0 saturated heterocycles. The molecule has 1 aliphatic rings. The van der Waals surface area contributed by atoms with Crippen molar-refractivity contribution in [2.24, 2.45) is 0 Å². The summed E-state index contributed by atoms with van der Waals surface area (Å²) in [5.74, 6) is 0. The van der Waals surface area contributed by atoms with Crippen molar-refractivity contribution in [2.75, 3.05) is 0 Å². The third-order valence-corrected chi connectivity index (χ3v) is 1.99. The van der Waals surface area contributed by atoms with Crippen LogP contribution in [0.2, 0.25) is 13.1 Å². The topological polar surface area (TPSA) is 3.24 Å². The Hall–Kier alpha value is -0.395. The van der Waals surface area contributed by atoms with Gasteiger partial charge in [0.1, 0.15) is 0 Å². The molecule has 1 nitrogen and oxygen atoms in total. The Balaban J connectivity index is 2.64. The summed E-state index contributed by atoms with van der Waals surface area (Å²) in [6.45, 7) is 9.71. The highest BCUT2D eigenvalue weighted by Gasteiger charge is 2.27. The molecule has 0 fully saturated rings. The van der Waals surface area contributed by atoms with Crippen LogP contribution in [-0.2, 0) is 0 Å². The molecule has 0 bridgehead atoms. The van der Waals surface area contributed by atoms with E-state index in [-0.39, 0.29) is 0 Å². The van der Waals surface area contributed by atoms with Crippen molar-refractivity contribution >= 4 is 6.85 Å². The summed E-state index contributed by atoms with van der Waals surface area (Å²) in [5, 5.41) is 0. The lowest BCUT2D eigenvalue weighted by Gasteiger charge is -2.35. The monoisotopic (exact) mass is 137 g/mol. The molecule has 0 aromatic rings. The fraction of sp³-hybridized carbons (Fsp3) is 0.750. The summed E-state index contributed by atoms with van der Waals surface area (Å²) in [6, 6.07) is 0. The Labute approximate surface area is 64.2 Å². The van der Waals surface area contributed by atoms with Crippen LogP contribution in [0, 0.1) is 0 Å². The molecule has 1 heterocycles. The highest BCUT2D eigenvalue weighted by molar-refractivity contribution is 6.56. The van der Waals surface area contributed by atoms with Crippen molar-refractivity contribution in [1.29, 1.82) is 0 Å². The number of hydrogen-bond donors (Lipinski definition) is 0. The first-order chi connectivity index (χ1) is 4.52. The van der Waals surface area contributed by atoms with Gasteiger partial charge in [0.2, 0.25) is 0 Å². The maximum Gasteiger partial charge on any atom is 0.255 e. The minimum atomic E-state index is 0.298. The second-order valence-corrected chi connectivity index (χ2v) is 4.05. The summed E-state index contributed by atoms with van der Waals surface area (Å²) in [6.07, 6.45) is 5.66. The maximum atomic E-state index is 2.41. The lowest BCUT2D eigenvalue weighted by molar-refractivity contribution is 0.328. The molecule has 0 aromatic heterocycles. The molecular weight excluding hydrogens is 121 g/mol. The standard InChI is InChI=1S/C8H16BN/c1-8(2,3)10-7-5-6-9(10)4/h5,7H,6H2,1-4H3. The van der Waals surface area contributed by atoms with Gasteiger partial charge in [-0.05, 0) is 33.3 Å². The van der Waals surface area contributed by atoms with E-state index < -0.39 is 0 Å². The molecule has 0 aromatic carbocycles. The maximum absolute atomic E-state index is 2.41. The van der Waals surface area contributed by atoms with E-state index in [9.17, 15) is 0 Å². The Bertz CT molecular complexity index is 146. The van der Waals surface area contributed by atoms with Crippen molar-refractivity contribution in [2.45, 2.75) is 39.5 Å². The third-order valence-electron chi connectivity index (χ3n) is 1.99. The molecule has 0 aliphatic carbocycles. The molecule has 2 heteroatoms. The Kier molecular flexibility index (Phi) is 1.80. The van der Waals surface area contributed by atoms with Crippen LogP contribution in [0.5, 0.6) is 0 Å². The summed E-state index contributed by atoms with van der Waals surface area (Å²) in [5.41, 5.74) is 0.298. The summed E-state index contributed by atoms with van der Waals surface area (Å²) in [7, 11) is 0. The van der Waals surface area contributed by atoms with E-state index in [0.29, 0.717) is 12.4 Å². The van der Waals surface area contributed by atoms with Gasteiger partial charge in [0.05, 0.1) is 0 Å². The van der Waals surface area contributed by atoms with Gasteiger partial charge >= 0.3 is 0 Å². The van der Waals surface area contributed by atoms with E-state index in [2.05, 4.69) is 44.7 Å². The van der Waals surface area contributed by atoms with Gasteiger partial charge < -0.3 is 4.81 Å². The minimum Gasteiger partial charge on any atom is -0.416 e. The smallest absolute Gasteiger partial charge is 0.255 e. The first kappa shape index (κ1) is 7.71. The lowest BCUT2D eigenvalue weighted by atomic mass is 9.60. The van der Waals surface area contributed by atoms with Crippen molar-refractivity contribution in [3.05, 3.63) is 12.3 Å². The molecule has 0 amide bonds. The fourth-order valence-corrected chi connectivity index (χ4v) is 1.52. The zero-order valence-corrected chi connectivity index (χ0v) is 7.39. The molecule has 0 spiro atoms. The van der Waals surface area contributed by atoms with Gasteiger partial charge in [-0.3, -0.25) is 0 Å². The van der Waals surface area contributed by atoms with Gasteiger partial charge in [-0.15, -0.1) is 0 Å². The summed E-state index contributed by atoms with van der Waals surface area (Å²) >= 11 is 0. The van der Waals surface area contributed by atoms with Crippen LogP contribution < -0.4 is 0 Å². The Morgan fingerprint density at radius 3 is 2.20 bits per heavy atom. The second kappa shape index (κ2) is 2.33. The lowest BCUT2D eigenvalue weighted by Crippen LogP contribution is -2.43. The van der Waals surface area contributed by atoms with E-state index in [4.69, 9.17) is 0 Å².